The molecule has 4 rings (SSSR count). The molecule has 2 heterocycles. The molecule has 2 aromatic heterocycles. The van der Waals surface area contributed by atoms with Crippen LogP contribution < -0.4 is 16.2 Å². The molecule has 0 saturated carbocycles. The molecule has 0 saturated heterocycles. The third-order valence-electron chi connectivity index (χ3n) is 5.30. The average Bonchev–Trinajstić information content (AvgIpc) is 2.78. The van der Waals surface area contributed by atoms with E-state index in [1.165, 1.54) is 23.7 Å². The van der Waals surface area contributed by atoms with Crippen LogP contribution in [0.1, 0.15) is 21.5 Å². The van der Waals surface area contributed by atoms with E-state index in [2.05, 4.69) is 15.6 Å². The molecule has 1 amide bonds. The third kappa shape index (κ3) is 4.97. The molecule has 2 N–H and O–H groups in total. The highest BCUT2D eigenvalue weighted by molar-refractivity contribution is 6.35. The smallest absolute Gasteiger partial charge is 0.338 e. The van der Waals surface area contributed by atoms with Gasteiger partial charge in [-0.05, 0) is 42.8 Å². The van der Waals surface area contributed by atoms with E-state index in [0.717, 1.165) is 5.56 Å². The first-order chi connectivity index (χ1) is 16.4. The van der Waals surface area contributed by atoms with Crippen molar-refractivity contribution in [1.29, 1.82) is 0 Å². The van der Waals surface area contributed by atoms with Crippen molar-refractivity contribution in [2.45, 2.75) is 13.1 Å². The summed E-state index contributed by atoms with van der Waals surface area (Å²) in [5.74, 6) is -2.10. The Kier molecular flexibility index (Phi) is 6.25. The van der Waals surface area contributed by atoms with E-state index in [1.54, 1.807) is 12.1 Å². The van der Waals surface area contributed by atoms with E-state index in [4.69, 9.17) is 11.6 Å². The second-order valence-electron chi connectivity index (χ2n) is 7.76. The number of para-hydroxylation sites is 1. The van der Waals surface area contributed by atoms with Gasteiger partial charge in [0.2, 0.25) is 0 Å². The number of carbonyl (C=O) groups excluding carboxylic acids is 1. The number of fused-ring (bicyclic) bond motifs is 1. The standard InChI is InChI=1S/C24H17ClF4N4O2/c1-12-5-3-4-6-17(12)30-22-18(11-19-21(32-22)16(25)10-20(34)33(19)2)31-23(35)13-7-14(24(27,28)29)9-15(26)8-13/h3-11H,1-2H3,(H,30,32)(H,31,35). The highest BCUT2D eigenvalue weighted by Crippen LogP contribution is 2.33. The predicted octanol–water partition coefficient (Wildman–Crippen LogP) is 6.05. The van der Waals surface area contributed by atoms with Crippen LogP contribution in [0.25, 0.3) is 11.0 Å². The molecule has 35 heavy (non-hydrogen) atoms. The Morgan fingerprint density at radius 1 is 1.06 bits per heavy atom. The summed E-state index contributed by atoms with van der Waals surface area (Å²) in [7, 11) is 1.48. The van der Waals surface area contributed by atoms with Gasteiger partial charge in [0, 0.05) is 24.4 Å². The topological polar surface area (TPSA) is 76.0 Å². The van der Waals surface area contributed by atoms with E-state index in [-0.39, 0.29) is 27.6 Å². The Hall–Kier alpha value is -3.92. The molecular formula is C24H17ClF4N4O2. The van der Waals surface area contributed by atoms with E-state index in [0.29, 0.717) is 23.9 Å². The van der Waals surface area contributed by atoms with Crippen molar-refractivity contribution >= 4 is 45.7 Å². The van der Waals surface area contributed by atoms with Gasteiger partial charge in [-0.1, -0.05) is 29.8 Å². The number of alkyl halides is 3. The minimum absolute atomic E-state index is 0.0424. The van der Waals surface area contributed by atoms with Gasteiger partial charge >= 0.3 is 6.18 Å². The Bertz CT molecular complexity index is 1530. The lowest BCUT2D eigenvalue weighted by molar-refractivity contribution is -0.137. The summed E-state index contributed by atoms with van der Waals surface area (Å²) in [5, 5.41) is 5.62. The van der Waals surface area contributed by atoms with Crippen molar-refractivity contribution in [3.63, 3.8) is 0 Å². The molecule has 0 aliphatic carbocycles. The first kappa shape index (κ1) is 24.2. The number of pyridine rings is 2. The van der Waals surface area contributed by atoms with Gasteiger partial charge in [-0.2, -0.15) is 13.2 Å². The van der Waals surface area contributed by atoms with Gasteiger partial charge < -0.3 is 15.2 Å². The van der Waals surface area contributed by atoms with Crippen molar-refractivity contribution in [2.24, 2.45) is 7.05 Å². The van der Waals surface area contributed by atoms with Crippen molar-refractivity contribution in [3.8, 4) is 0 Å². The van der Waals surface area contributed by atoms with Gasteiger partial charge in [0.15, 0.2) is 5.82 Å². The van der Waals surface area contributed by atoms with Gasteiger partial charge in [0.25, 0.3) is 11.5 Å². The number of nitrogens with one attached hydrogen (secondary N) is 2. The lowest BCUT2D eigenvalue weighted by Crippen LogP contribution is -2.19. The lowest BCUT2D eigenvalue weighted by Gasteiger charge is -2.17. The zero-order chi connectivity index (χ0) is 25.5. The first-order valence-corrected chi connectivity index (χ1v) is 10.5. The maximum absolute atomic E-state index is 13.9. The van der Waals surface area contributed by atoms with Crippen molar-refractivity contribution in [3.05, 3.63) is 92.5 Å². The molecular weight excluding hydrogens is 488 g/mol. The van der Waals surface area contributed by atoms with Crippen LogP contribution in [0.5, 0.6) is 0 Å². The summed E-state index contributed by atoms with van der Waals surface area (Å²) >= 11 is 6.23. The van der Waals surface area contributed by atoms with Crippen LogP contribution in [0.4, 0.5) is 34.8 Å². The summed E-state index contributed by atoms with van der Waals surface area (Å²) in [6, 6.07) is 11.4. The van der Waals surface area contributed by atoms with E-state index in [1.807, 2.05) is 19.1 Å². The molecule has 4 aromatic rings. The summed E-state index contributed by atoms with van der Waals surface area (Å²) in [6.07, 6.45) is -4.84. The fraction of sp³-hybridized carbons (Fsp3) is 0.125. The number of carbonyl (C=O) groups is 1. The Labute approximate surface area is 201 Å². The van der Waals surface area contributed by atoms with Crippen molar-refractivity contribution in [2.75, 3.05) is 10.6 Å². The SMILES string of the molecule is Cc1ccccc1Nc1nc2c(Cl)cc(=O)n(C)c2cc1NC(=O)c1cc(F)cc(C(F)(F)F)c1. The zero-order valence-corrected chi connectivity index (χ0v) is 19.1. The molecule has 11 heteroatoms. The van der Waals surface area contributed by atoms with Gasteiger partial charge in [-0.25, -0.2) is 9.37 Å². The van der Waals surface area contributed by atoms with Gasteiger partial charge in [-0.3, -0.25) is 9.59 Å². The molecule has 0 unspecified atom stereocenters. The van der Waals surface area contributed by atoms with Crippen molar-refractivity contribution in [1.82, 2.24) is 9.55 Å². The number of hydrogen-bond acceptors (Lipinski definition) is 4. The van der Waals surface area contributed by atoms with Crippen molar-refractivity contribution < 1.29 is 22.4 Å². The number of amides is 1. The predicted molar refractivity (Wildman–Crippen MR) is 126 cm³/mol. The summed E-state index contributed by atoms with van der Waals surface area (Å²) in [6.45, 7) is 1.84. The first-order valence-electron chi connectivity index (χ1n) is 10.2. The molecule has 0 spiro atoms. The van der Waals surface area contributed by atoms with Crippen LogP contribution in [0.3, 0.4) is 0 Å². The summed E-state index contributed by atoms with van der Waals surface area (Å²) < 4.78 is 54.5. The Balaban J connectivity index is 1.84. The average molecular weight is 505 g/mol. The molecule has 0 atom stereocenters. The molecule has 0 aliphatic rings. The second-order valence-corrected chi connectivity index (χ2v) is 8.17. The van der Waals surface area contributed by atoms with Crippen LogP contribution in [-0.2, 0) is 13.2 Å². The number of aromatic nitrogens is 2. The molecule has 0 bridgehead atoms. The minimum atomic E-state index is -4.84. The number of benzene rings is 2. The van der Waals surface area contributed by atoms with Gasteiger partial charge in [0.05, 0.1) is 21.8 Å². The normalized spacial score (nSPS) is 11.5. The van der Waals surface area contributed by atoms with Crippen LogP contribution in [0, 0.1) is 12.7 Å². The zero-order valence-electron chi connectivity index (χ0n) is 18.3. The fourth-order valence-electron chi connectivity index (χ4n) is 3.44. The Morgan fingerprint density at radius 2 is 1.77 bits per heavy atom. The number of hydrogen-bond donors (Lipinski definition) is 2. The number of aryl methyl sites for hydroxylation is 2. The monoisotopic (exact) mass is 504 g/mol. The second kappa shape index (κ2) is 9.03. The maximum Gasteiger partial charge on any atom is 0.416 e. The summed E-state index contributed by atoms with van der Waals surface area (Å²) in [4.78, 5) is 29.5. The van der Waals surface area contributed by atoms with Crippen LogP contribution in [0.15, 0.2) is 59.4 Å². The molecule has 0 radical (unpaired) electrons. The number of anilines is 3. The largest absolute Gasteiger partial charge is 0.416 e. The minimum Gasteiger partial charge on any atom is -0.338 e. The van der Waals surface area contributed by atoms with E-state index in [9.17, 15) is 27.2 Å². The van der Waals surface area contributed by atoms with Gasteiger partial charge in [0.1, 0.15) is 11.3 Å². The van der Waals surface area contributed by atoms with E-state index < -0.39 is 34.6 Å². The van der Waals surface area contributed by atoms with Crippen LogP contribution in [-0.4, -0.2) is 15.5 Å². The van der Waals surface area contributed by atoms with Crippen LogP contribution >= 0.6 is 11.6 Å². The van der Waals surface area contributed by atoms with Gasteiger partial charge in [-0.15, -0.1) is 0 Å². The fourth-order valence-corrected chi connectivity index (χ4v) is 3.67. The highest BCUT2D eigenvalue weighted by Gasteiger charge is 2.32. The highest BCUT2D eigenvalue weighted by atomic mass is 35.5. The van der Waals surface area contributed by atoms with E-state index >= 15 is 0 Å². The Morgan fingerprint density at radius 3 is 2.46 bits per heavy atom. The number of halogens is 5. The molecule has 0 aliphatic heterocycles. The molecule has 6 nitrogen and oxygen atoms in total. The maximum atomic E-state index is 13.9. The lowest BCUT2D eigenvalue weighted by atomic mass is 10.1. The third-order valence-corrected chi connectivity index (χ3v) is 5.59. The number of rotatable bonds is 4. The number of nitrogens with zero attached hydrogens (tertiary/aromatic N) is 2. The summed E-state index contributed by atoms with van der Waals surface area (Å²) in [5.41, 5.74) is -0.219. The quantitative estimate of drug-likeness (QED) is 0.332. The molecule has 2 aromatic carbocycles. The van der Waals surface area contributed by atoms with Crippen LogP contribution in [0.2, 0.25) is 5.02 Å². The molecule has 0 fully saturated rings. The molecule has 180 valence electrons.